The Bertz CT molecular complexity index is 1930. The molecule has 1 aliphatic heterocycles. The number of dihydropyridines is 1. The van der Waals surface area contributed by atoms with Gasteiger partial charge in [-0.2, -0.15) is 0 Å². The van der Waals surface area contributed by atoms with Gasteiger partial charge in [0.2, 0.25) is 0 Å². The molecule has 5 rings (SSSR count). The minimum Gasteiger partial charge on any atom is -0.452 e. The first-order chi connectivity index (χ1) is 20.8. The Labute approximate surface area is 242 Å². The number of ether oxygens (including phenoxy) is 1. The molecule has 0 bridgehead atoms. The molecule has 0 fully saturated rings. The molecule has 0 spiro atoms. The molecule has 3 N–H and O–H groups in total. The molecule has 4 aromatic rings. The normalized spacial score (nSPS) is 13.5. The maximum atomic E-state index is 15.2. The highest BCUT2D eigenvalue weighted by Crippen LogP contribution is 2.28. The third-order valence-corrected chi connectivity index (χ3v) is 6.24. The number of aryl methyl sites for hydroxylation is 1. The van der Waals surface area contributed by atoms with Crippen molar-refractivity contribution in [2.45, 2.75) is 13.5 Å². The summed E-state index contributed by atoms with van der Waals surface area (Å²) >= 11 is 0. The largest absolute Gasteiger partial charge is 0.452 e. The van der Waals surface area contributed by atoms with Crippen molar-refractivity contribution >= 4 is 23.4 Å². The molecule has 1 aliphatic rings. The standard InChI is InChI=1S/C30H23F2N7O4/c1-2-38-17-22(29(41)39(30(38)42)21-7-4-19(31)5-8-21)28(40)37-20-6-9-25(23(32)15-20)43-26-14-18(16-36-24(26)10-11-33)27-34-12-3-13-35-27/h3-17,33,36H,2H2,1H3,(H,37,40)/b24-10-,33-11?. The van der Waals surface area contributed by atoms with E-state index in [9.17, 15) is 18.8 Å². The highest BCUT2D eigenvalue weighted by atomic mass is 19.1. The Morgan fingerprint density at radius 1 is 1.12 bits per heavy atom. The first kappa shape index (κ1) is 28.5. The van der Waals surface area contributed by atoms with Crippen molar-refractivity contribution in [3.8, 4) is 11.4 Å². The number of anilines is 1. The molecule has 13 heteroatoms. The number of hydrogen-bond acceptors (Lipinski definition) is 8. The van der Waals surface area contributed by atoms with Crippen LogP contribution in [0, 0.1) is 17.0 Å². The van der Waals surface area contributed by atoms with Gasteiger partial charge >= 0.3 is 5.69 Å². The molecule has 11 nitrogen and oxygen atoms in total. The number of amides is 1. The number of carbonyl (C=O) groups is 1. The molecule has 0 saturated heterocycles. The Balaban J connectivity index is 1.41. The van der Waals surface area contributed by atoms with E-state index >= 15 is 4.39 Å². The fraction of sp³-hybridized carbons (Fsp3) is 0.0667. The third kappa shape index (κ3) is 6.05. The molecule has 1 amide bonds. The minimum absolute atomic E-state index is 0.0149. The van der Waals surface area contributed by atoms with Gasteiger partial charge in [-0.15, -0.1) is 0 Å². The van der Waals surface area contributed by atoms with E-state index in [4.69, 9.17) is 10.1 Å². The molecule has 3 heterocycles. The van der Waals surface area contributed by atoms with Crippen LogP contribution in [0.1, 0.15) is 23.1 Å². The predicted molar refractivity (Wildman–Crippen MR) is 155 cm³/mol. The first-order valence-corrected chi connectivity index (χ1v) is 12.9. The van der Waals surface area contributed by atoms with Gasteiger partial charge in [-0.05, 0) is 61.5 Å². The van der Waals surface area contributed by atoms with Crippen molar-refractivity contribution in [3.05, 3.63) is 141 Å². The number of hydrogen-bond donors (Lipinski definition) is 3. The third-order valence-electron chi connectivity index (χ3n) is 6.24. The van der Waals surface area contributed by atoms with Crippen molar-refractivity contribution in [2.24, 2.45) is 0 Å². The molecular weight excluding hydrogens is 560 g/mol. The van der Waals surface area contributed by atoms with E-state index in [1.165, 1.54) is 30.3 Å². The van der Waals surface area contributed by atoms with Crippen LogP contribution in [0.25, 0.3) is 11.3 Å². The molecule has 2 aromatic heterocycles. The lowest BCUT2D eigenvalue weighted by atomic mass is 10.1. The van der Waals surface area contributed by atoms with Crippen LogP contribution in [0.15, 0.2) is 107 Å². The quantitative estimate of drug-likeness (QED) is 0.268. The number of nitrogens with one attached hydrogen (secondary N) is 3. The van der Waals surface area contributed by atoms with Crippen molar-refractivity contribution in [2.75, 3.05) is 5.32 Å². The van der Waals surface area contributed by atoms with E-state index in [1.54, 1.807) is 37.7 Å². The predicted octanol–water partition coefficient (Wildman–Crippen LogP) is 3.78. The van der Waals surface area contributed by atoms with Crippen LogP contribution in [0.3, 0.4) is 0 Å². The van der Waals surface area contributed by atoms with Gasteiger partial charge in [-0.3, -0.25) is 14.2 Å². The summed E-state index contributed by atoms with van der Waals surface area (Å²) in [5.41, 5.74) is -0.970. The zero-order valence-electron chi connectivity index (χ0n) is 22.5. The van der Waals surface area contributed by atoms with E-state index in [0.29, 0.717) is 17.1 Å². The summed E-state index contributed by atoms with van der Waals surface area (Å²) in [6.07, 6.45) is 9.94. The number of nitrogens with zero attached hydrogens (tertiary/aromatic N) is 4. The van der Waals surface area contributed by atoms with Crippen LogP contribution in [0.5, 0.6) is 5.75 Å². The molecule has 0 unspecified atom stereocenters. The summed E-state index contributed by atoms with van der Waals surface area (Å²) in [6.45, 7) is 1.80. The fourth-order valence-electron chi connectivity index (χ4n) is 4.14. The summed E-state index contributed by atoms with van der Waals surface area (Å²) in [6, 6.07) is 10.0. The smallest absolute Gasteiger partial charge is 0.335 e. The summed E-state index contributed by atoms with van der Waals surface area (Å²) < 4.78 is 36.4. The second-order valence-corrected chi connectivity index (χ2v) is 9.00. The number of halogens is 2. The maximum absolute atomic E-state index is 15.2. The number of carbonyl (C=O) groups excluding carboxylic acids is 1. The molecule has 0 atom stereocenters. The molecule has 0 saturated carbocycles. The van der Waals surface area contributed by atoms with E-state index in [2.05, 4.69) is 20.6 Å². The van der Waals surface area contributed by atoms with Crippen LogP contribution in [0.4, 0.5) is 14.5 Å². The Morgan fingerprint density at radius 2 is 1.86 bits per heavy atom. The topological polar surface area (TPSA) is 144 Å². The summed E-state index contributed by atoms with van der Waals surface area (Å²) in [7, 11) is 0. The molecule has 0 radical (unpaired) electrons. The van der Waals surface area contributed by atoms with Gasteiger partial charge in [0.1, 0.15) is 11.4 Å². The highest BCUT2D eigenvalue weighted by molar-refractivity contribution is 6.03. The first-order valence-electron chi connectivity index (χ1n) is 12.9. The number of rotatable bonds is 8. The summed E-state index contributed by atoms with van der Waals surface area (Å²) in [5.74, 6) is -1.87. The lowest BCUT2D eigenvalue weighted by molar-refractivity contribution is 0.102. The van der Waals surface area contributed by atoms with E-state index in [-0.39, 0.29) is 35.0 Å². The average molecular weight is 584 g/mol. The van der Waals surface area contributed by atoms with Crippen LogP contribution in [-0.4, -0.2) is 31.2 Å². The zero-order chi connectivity index (χ0) is 30.5. The molecule has 43 heavy (non-hydrogen) atoms. The van der Waals surface area contributed by atoms with Crippen molar-refractivity contribution in [1.29, 1.82) is 5.41 Å². The summed E-state index contributed by atoms with van der Waals surface area (Å²) in [4.78, 5) is 47.5. The van der Waals surface area contributed by atoms with Crippen LogP contribution >= 0.6 is 0 Å². The van der Waals surface area contributed by atoms with Crippen LogP contribution in [-0.2, 0) is 6.54 Å². The lowest BCUT2D eigenvalue weighted by Gasteiger charge is -2.19. The maximum Gasteiger partial charge on any atom is 0.335 e. The van der Waals surface area contributed by atoms with Crippen LogP contribution in [0.2, 0.25) is 0 Å². The number of allylic oxidation sites excluding steroid dienone is 3. The monoisotopic (exact) mass is 583 g/mol. The molecule has 0 aliphatic carbocycles. The molecule has 216 valence electrons. The second-order valence-electron chi connectivity index (χ2n) is 9.00. The lowest BCUT2D eigenvalue weighted by Crippen LogP contribution is -2.42. The van der Waals surface area contributed by atoms with Gasteiger partial charge in [0.25, 0.3) is 11.5 Å². The summed E-state index contributed by atoms with van der Waals surface area (Å²) in [5, 5.41) is 12.9. The number of aromatic nitrogens is 4. The van der Waals surface area contributed by atoms with Gasteiger partial charge in [0, 0.05) is 54.9 Å². The Kier molecular flexibility index (Phi) is 8.14. The van der Waals surface area contributed by atoms with Gasteiger partial charge < -0.3 is 20.8 Å². The van der Waals surface area contributed by atoms with Crippen LogP contribution < -0.4 is 26.6 Å². The SMILES string of the molecule is CCn1cc(C(=O)Nc2ccc(OC3=CC(c4ncccn4)=CN/C3=C\C=N)c(F)c2)c(=O)n(-c2ccc(F)cc2)c1=O. The average Bonchev–Trinajstić information content (AvgIpc) is 3.01. The van der Waals surface area contributed by atoms with E-state index in [0.717, 1.165) is 39.7 Å². The Hall–Kier alpha value is -5.98. The Morgan fingerprint density at radius 3 is 2.53 bits per heavy atom. The highest BCUT2D eigenvalue weighted by Gasteiger charge is 2.20. The van der Waals surface area contributed by atoms with Gasteiger partial charge in [0.05, 0.1) is 11.4 Å². The zero-order valence-corrected chi connectivity index (χ0v) is 22.5. The van der Waals surface area contributed by atoms with E-state index in [1.807, 2.05) is 0 Å². The minimum atomic E-state index is -0.923. The van der Waals surface area contributed by atoms with Crippen molar-refractivity contribution in [3.63, 3.8) is 0 Å². The van der Waals surface area contributed by atoms with Gasteiger partial charge in [0.15, 0.2) is 23.2 Å². The molecule has 2 aromatic carbocycles. The molecular formula is C30H23F2N7O4. The van der Waals surface area contributed by atoms with Gasteiger partial charge in [-0.25, -0.2) is 28.1 Å². The van der Waals surface area contributed by atoms with Crippen molar-refractivity contribution < 1.29 is 18.3 Å². The second kappa shape index (κ2) is 12.3. The van der Waals surface area contributed by atoms with Crippen molar-refractivity contribution in [1.82, 2.24) is 24.4 Å². The number of benzene rings is 2. The fourth-order valence-corrected chi connectivity index (χ4v) is 4.14. The van der Waals surface area contributed by atoms with E-state index < -0.39 is 28.8 Å². The van der Waals surface area contributed by atoms with Gasteiger partial charge in [-0.1, -0.05) is 0 Å².